The Morgan fingerprint density at radius 1 is 0.750 bits per heavy atom. The van der Waals surface area contributed by atoms with E-state index in [0.29, 0.717) is 27.7 Å². The molecule has 0 aliphatic carbocycles. The van der Waals surface area contributed by atoms with Gasteiger partial charge in [-0.1, -0.05) is 0 Å². The molecule has 0 saturated heterocycles. The summed E-state index contributed by atoms with van der Waals surface area (Å²) < 4.78 is 19.1. The number of ketones is 1. The van der Waals surface area contributed by atoms with Crippen molar-refractivity contribution >= 4 is 38.5 Å². The van der Waals surface area contributed by atoms with Crippen LogP contribution >= 0.6 is 0 Å². The zero-order valence-electron chi connectivity index (χ0n) is 14.4. The number of phenolic OH excluding ortho intramolecular Hbond substituents is 2. The Labute approximate surface area is 158 Å². The molecule has 0 atom stereocenters. The van der Waals surface area contributed by atoms with Gasteiger partial charge in [-0.25, -0.2) is 4.39 Å². The Morgan fingerprint density at radius 2 is 1.43 bits per heavy atom. The van der Waals surface area contributed by atoms with E-state index >= 15 is 0 Å². The Hall–Kier alpha value is -3.86. The molecule has 1 heterocycles. The fourth-order valence-corrected chi connectivity index (χ4v) is 3.61. The van der Waals surface area contributed by atoms with Gasteiger partial charge in [-0.15, -0.1) is 0 Å². The maximum Gasteiger partial charge on any atom is 0.193 e. The fraction of sp³-hybridized carbons (Fsp3) is 0. The van der Waals surface area contributed by atoms with Gasteiger partial charge < -0.3 is 14.6 Å². The molecule has 1 aromatic heterocycles. The van der Waals surface area contributed by atoms with E-state index in [2.05, 4.69) is 0 Å². The maximum absolute atomic E-state index is 13.2. The number of fused-ring (bicyclic) bond motifs is 5. The molecular weight excluding hydrogens is 359 g/mol. The van der Waals surface area contributed by atoms with Crippen molar-refractivity contribution in [2.45, 2.75) is 0 Å². The van der Waals surface area contributed by atoms with Crippen LogP contribution in [0.4, 0.5) is 4.39 Å². The summed E-state index contributed by atoms with van der Waals surface area (Å²) in [5.74, 6) is -0.617. The number of halogens is 1. The van der Waals surface area contributed by atoms with E-state index in [1.54, 1.807) is 30.3 Å². The highest BCUT2D eigenvalue weighted by Gasteiger charge is 2.19. The summed E-state index contributed by atoms with van der Waals surface area (Å²) >= 11 is 0. The molecule has 0 aliphatic heterocycles. The molecule has 2 N–H and O–H groups in total. The maximum atomic E-state index is 13.2. The average molecular weight is 372 g/mol. The van der Waals surface area contributed by atoms with Gasteiger partial charge in [0.15, 0.2) is 5.78 Å². The number of carbonyl (C=O) groups is 1. The van der Waals surface area contributed by atoms with E-state index in [0.717, 1.165) is 16.2 Å². The number of phenols is 2. The van der Waals surface area contributed by atoms with Crippen molar-refractivity contribution in [3.8, 4) is 11.5 Å². The van der Waals surface area contributed by atoms with Gasteiger partial charge >= 0.3 is 0 Å². The lowest BCUT2D eigenvalue weighted by atomic mass is 9.94. The smallest absolute Gasteiger partial charge is 0.193 e. The van der Waals surface area contributed by atoms with Gasteiger partial charge in [0.25, 0.3) is 0 Å². The number of aromatic hydroxyl groups is 2. The molecule has 0 unspecified atom stereocenters. The second kappa shape index (κ2) is 5.82. The van der Waals surface area contributed by atoms with Gasteiger partial charge in [0.1, 0.15) is 28.5 Å². The second-order valence-electron chi connectivity index (χ2n) is 6.65. The number of hydrogen-bond acceptors (Lipinski definition) is 4. The van der Waals surface area contributed by atoms with Gasteiger partial charge in [0.05, 0.1) is 0 Å². The van der Waals surface area contributed by atoms with E-state index in [1.807, 2.05) is 0 Å². The van der Waals surface area contributed by atoms with Crippen molar-refractivity contribution in [1.82, 2.24) is 0 Å². The van der Waals surface area contributed by atoms with Crippen LogP contribution in [-0.4, -0.2) is 16.0 Å². The SMILES string of the molecule is O=C(c1ccc(F)cc1)c1cc2oc3cc(O)ccc3c2c2ccc(O)cc12. The first kappa shape index (κ1) is 16.3. The lowest BCUT2D eigenvalue weighted by molar-refractivity contribution is 0.104. The number of carbonyl (C=O) groups excluding carboxylic acids is 1. The van der Waals surface area contributed by atoms with Crippen molar-refractivity contribution < 1.29 is 23.8 Å². The highest BCUT2D eigenvalue weighted by atomic mass is 19.1. The number of rotatable bonds is 2. The minimum absolute atomic E-state index is 0.0328. The summed E-state index contributed by atoms with van der Waals surface area (Å²) in [7, 11) is 0. The molecule has 4 aromatic carbocycles. The Kier molecular flexibility index (Phi) is 3.39. The van der Waals surface area contributed by atoms with E-state index < -0.39 is 5.82 Å². The van der Waals surface area contributed by atoms with Crippen LogP contribution in [0.2, 0.25) is 0 Å². The molecule has 0 fully saturated rings. The van der Waals surface area contributed by atoms with Gasteiger partial charge in [-0.3, -0.25) is 4.79 Å². The van der Waals surface area contributed by atoms with E-state index in [9.17, 15) is 19.4 Å². The molecule has 5 rings (SSSR count). The van der Waals surface area contributed by atoms with Crippen molar-refractivity contribution in [2.75, 3.05) is 0 Å². The van der Waals surface area contributed by atoms with Crippen LogP contribution < -0.4 is 0 Å². The molecule has 0 spiro atoms. The van der Waals surface area contributed by atoms with Crippen LogP contribution in [0.3, 0.4) is 0 Å². The van der Waals surface area contributed by atoms with Crippen LogP contribution in [0, 0.1) is 5.82 Å². The molecule has 0 saturated carbocycles. The average Bonchev–Trinajstić information content (AvgIpc) is 3.04. The third kappa shape index (κ3) is 2.41. The highest BCUT2D eigenvalue weighted by molar-refractivity contribution is 6.26. The summed E-state index contributed by atoms with van der Waals surface area (Å²) in [6.07, 6.45) is 0. The molecule has 0 radical (unpaired) electrons. The monoisotopic (exact) mass is 372 g/mol. The van der Waals surface area contributed by atoms with Crippen LogP contribution in [0.15, 0.2) is 71.1 Å². The minimum atomic E-state index is -0.424. The first-order chi connectivity index (χ1) is 13.5. The third-order valence-electron chi connectivity index (χ3n) is 4.89. The Morgan fingerprint density at radius 3 is 2.18 bits per heavy atom. The molecule has 5 heteroatoms. The van der Waals surface area contributed by atoms with Crippen molar-refractivity contribution in [1.29, 1.82) is 0 Å². The van der Waals surface area contributed by atoms with Crippen LogP contribution in [0.25, 0.3) is 32.7 Å². The van der Waals surface area contributed by atoms with Gasteiger partial charge in [-0.05, 0) is 71.4 Å². The topological polar surface area (TPSA) is 70.7 Å². The first-order valence-electron chi connectivity index (χ1n) is 8.62. The van der Waals surface area contributed by atoms with Crippen molar-refractivity contribution in [3.63, 3.8) is 0 Å². The third-order valence-corrected chi connectivity index (χ3v) is 4.89. The molecular formula is C23H13FO4. The number of furan rings is 1. The molecule has 0 aliphatic rings. The largest absolute Gasteiger partial charge is 0.508 e. The van der Waals surface area contributed by atoms with E-state index in [1.165, 1.54) is 36.4 Å². The highest BCUT2D eigenvalue weighted by Crippen LogP contribution is 2.39. The summed E-state index contributed by atoms with van der Waals surface area (Å²) in [5.41, 5.74) is 1.66. The summed E-state index contributed by atoms with van der Waals surface area (Å²) in [6, 6.07) is 16.6. The Bertz CT molecular complexity index is 1400. The summed E-state index contributed by atoms with van der Waals surface area (Å²) in [4.78, 5) is 13.1. The fourth-order valence-electron chi connectivity index (χ4n) is 3.61. The normalized spacial score (nSPS) is 11.5. The number of hydrogen-bond donors (Lipinski definition) is 2. The van der Waals surface area contributed by atoms with E-state index in [4.69, 9.17) is 4.42 Å². The van der Waals surface area contributed by atoms with Crippen LogP contribution in [-0.2, 0) is 0 Å². The minimum Gasteiger partial charge on any atom is -0.508 e. The van der Waals surface area contributed by atoms with Crippen molar-refractivity contribution in [2.24, 2.45) is 0 Å². The lowest BCUT2D eigenvalue weighted by Gasteiger charge is -2.08. The summed E-state index contributed by atoms with van der Waals surface area (Å²) in [5, 5.41) is 22.6. The zero-order chi connectivity index (χ0) is 19.4. The zero-order valence-corrected chi connectivity index (χ0v) is 14.4. The molecule has 28 heavy (non-hydrogen) atoms. The molecule has 0 bridgehead atoms. The predicted molar refractivity (Wildman–Crippen MR) is 104 cm³/mol. The first-order valence-corrected chi connectivity index (χ1v) is 8.62. The van der Waals surface area contributed by atoms with Crippen molar-refractivity contribution in [3.05, 3.63) is 83.7 Å². The van der Waals surface area contributed by atoms with Crippen LogP contribution in [0.1, 0.15) is 15.9 Å². The number of benzene rings is 4. The van der Waals surface area contributed by atoms with Gasteiger partial charge in [0, 0.05) is 28.0 Å². The van der Waals surface area contributed by atoms with E-state index in [-0.39, 0.29) is 17.3 Å². The quantitative estimate of drug-likeness (QED) is 0.400. The van der Waals surface area contributed by atoms with Gasteiger partial charge in [-0.2, -0.15) is 0 Å². The lowest BCUT2D eigenvalue weighted by Crippen LogP contribution is -2.02. The second-order valence-corrected chi connectivity index (χ2v) is 6.65. The standard InChI is InChI=1S/C23H13FO4/c24-13-3-1-12(2-4-13)23(27)19-11-21-22(16-7-5-14(25)9-18(16)19)17-8-6-15(26)10-20(17)28-21/h1-11,25-26H. The van der Waals surface area contributed by atoms with Crippen LogP contribution in [0.5, 0.6) is 11.5 Å². The summed E-state index contributed by atoms with van der Waals surface area (Å²) in [6.45, 7) is 0. The molecule has 5 aromatic rings. The predicted octanol–water partition coefficient (Wildman–Crippen LogP) is 5.52. The Balaban J connectivity index is 1.87. The molecule has 4 nitrogen and oxygen atoms in total. The van der Waals surface area contributed by atoms with Gasteiger partial charge in [0.2, 0.25) is 0 Å². The molecule has 136 valence electrons. The molecule has 0 amide bonds.